The van der Waals surface area contributed by atoms with Crippen molar-refractivity contribution >= 4 is 34.9 Å². The lowest BCUT2D eigenvalue weighted by Gasteiger charge is -2.44. The summed E-state index contributed by atoms with van der Waals surface area (Å²) in [5.41, 5.74) is -0.0971. The molecule has 0 saturated carbocycles. The van der Waals surface area contributed by atoms with Crippen LogP contribution >= 0.6 is 23.2 Å². The average molecular weight is 328 g/mol. The van der Waals surface area contributed by atoms with Crippen molar-refractivity contribution in [3.8, 4) is 5.75 Å². The van der Waals surface area contributed by atoms with E-state index < -0.39 is 5.60 Å². The van der Waals surface area contributed by atoms with Gasteiger partial charge in [-0.3, -0.25) is 9.59 Å². The van der Waals surface area contributed by atoms with Crippen LogP contribution in [0.15, 0.2) is 12.1 Å². The molecule has 1 fully saturated rings. The zero-order chi connectivity index (χ0) is 15.2. The largest absolute Gasteiger partial charge is 0.484 e. The molecule has 1 amide bonds. The monoisotopic (exact) mass is 327 g/mol. The average Bonchev–Trinajstić information content (AvgIpc) is 2.41. The summed E-state index contributed by atoms with van der Waals surface area (Å²) in [6.45, 7) is 2.76. The van der Waals surface area contributed by atoms with Gasteiger partial charge in [0.05, 0.1) is 17.0 Å². The van der Waals surface area contributed by atoms with Gasteiger partial charge in [0, 0.05) is 37.9 Å². The molecule has 1 saturated heterocycles. The number of fused-ring (bicyclic) bond motifs is 1. The van der Waals surface area contributed by atoms with E-state index in [1.165, 1.54) is 0 Å². The van der Waals surface area contributed by atoms with Crippen molar-refractivity contribution in [2.24, 2.45) is 0 Å². The molecule has 4 nitrogen and oxygen atoms in total. The van der Waals surface area contributed by atoms with Crippen molar-refractivity contribution in [1.29, 1.82) is 0 Å². The van der Waals surface area contributed by atoms with Gasteiger partial charge < -0.3 is 9.64 Å². The molecule has 2 heterocycles. The molecule has 0 bridgehead atoms. The topological polar surface area (TPSA) is 46.6 Å². The minimum absolute atomic E-state index is 0.00285. The van der Waals surface area contributed by atoms with Crippen LogP contribution in [0.3, 0.4) is 0 Å². The van der Waals surface area contributed by atoms with Crippen LogP contribution in [0.25, 0.3) is 0 Å². The molecule has 1 aromatic rings. The summed E-state index contributed by atoms with van der Waals surface area (Å²) < 4.78 is 6.10. The Kier molecular flexibility index (Phi) is 3.62. The van der Waals surface area contributed by atoms with E-state index >= 15 is 0 Å². The Hall–Kier alpha value is -1.26. The molecular weight excluding hydrogens is 313 g/mol. The van der Waals surface area contributed by atoms with E-state index in [0.717, 1.165) is 0 Å². The normalized spacial score (nSPS) is 20.1. The molecular formula is C15H15Cl2NO3. The van der Waals surface area contributed by atoms with E-state index in [1.54, 1.807) is 24.0 Å². The van der Waals surface area contributed by atoms with Crippen LogP contribution in [0.4, 0.5) is 0 Å². The highest BCUT2D eigenvalue weighted by Gasteiger charge is 2.44. The van der Waals surface area contributed by atoms with Gasteiger partial charge in [-0.1, -0.05) is 23.2 Å². The van der Waals surface area contributed by atoms with Crippen LogP contribution in [0.1, 0.15) is 36.5 Å². The minimum atomic E-state index is -0.548. The second-order valence-electron chi connectivity index (χ2n) is 5.66. The quantitative estimate of drug-likeness (QED) is 0.734. The first-order chi connectivity index (χ1) is 9.90. The number of ether oxygens (including phenoxy) is 1. The third-order valence-electron chi connectivity index (χ3n) is 4.23. The van der Waals surface area contributed by atoms with Crippen molar-refractivity contribution in [2.45, 2.75) is 31.8 Å². The minimum Gasteiger partial charge on any atom is -0.484 e. The summed E-state index contributed by atoms with van der Waals surface area (Å²) in [6, 6.07) is 3.18. The molecule has 21 heavy (non-hydrogen) atoms. The standard InChI is InChI=1S/C15H15Cl2NO3/c1-9(19)18-4-2-15(3-5-18)8-13(20)11-6-10(16)7-12(17)14(11)21-15/h6-7H,2-5,8H2,1H3. The van der Waals surface area contributed by atoms with Crippen LogP contribution in [0.5, 0.6) is 5.75 Å². The van der Waals surface area contributed by atoms with Gasteiger partial charge in [0.2, 0.25) is 5.91 Å². The summed E-state index contributed by atoms with van der Waals surface area (Å²) in [5.74, 6) is 0.475. The fourth-order valence-electron chi connectivity index (χ4n) is 3.02. The highest BCUT2D eigenvalue weighted by Crippen LogP contribution is 2.43. The number of halogens is 2. The maximum atomic E-state index is 12.4. The lowest BCUT2D eigenvalue weighted by molar-refractivity contribution is -0.132. The highest BCUT2D eigenvalue weighted by atomic mass is 35.5. The third kappa shape index (κ3) is 2.62. The van der Waals surface area contributed by atoms with Gasteiger partial charge in [-0.25, -0.2) is 0 Å². The molecule has 0 aliphatic carbocycles. The Balaban J connectivity index is 1.89. The van der Waals surface area contributed by atoms with E-state index in [1.807, 2.05) is 0 Å². The maximum Gasteiger partial charge on any atom is 0.219 e. The molecule has 2 aliphatic heterocycles. The second-order valence-corrected chi connectivity index (χ2v) is 6.50. The van der Waals surface area contributed by atoms with Gasteiger partial charge in [0.1, 0.15) is 11.4 Å². The number of ketones is 1. The molecule has 3 rings (SSSR count). The SMILES string of the molecule is CC(=O)N1CCC2(CC1)CC(=O)c1cc(Cl)cc(Cl)c1O2. The summed E-state index contributed by atoms with van der Waals surface area (Å²) >= 11 is 12.1. The molecule has 0 aromatic heterocycles. The Morgan fingerprint density at radius 3 is 2.57 bits per heavy atom. The van der Waals surface area contributed by atoms with Gasteiger partial charge in [-0.05, 0) is 12.1 Å². The smallest absolute Gasteiger partial charge is 0.219 e. The maximum absolute atomic E-state index is 12.4. The van der Waals surface area contributed by atoms with Crippen LogP contribution in [0, 0.1) is 0 Å². The molecule has 6 heteroatoms. The Bertz CT molecular complexity index is 622. The van der Waals surface area contributed by atoms with Gasteiger partial charge in [-0.15, -0.1) is 0 Å². The van der Waals surface area contributed by atoms with Crippen LogP contribution in [-0.4, -0.2) is 35.3 Å². The fraction of sp³-hybridized carbons (Fsp3) is 0.467. The van der Waals surface area contributed by atoms with E-state index in [2.05, 4.69) is 0 Å². The number of carbonyl (C=O) groups is 2. The number of benzene rings is 1. The molecule has 1 spiro atoms. The van der Waals surface area contributed by atoms with Crippen LogP contribution < -0.4 is 4.74 Å². The lowest BCUT2D eigenvalue weighted by Crippen LogP contribution is -2.52. The number of rotatable bonds is 0. The van der Waals surface area contributed by atoms with E-state index in [0.29, 0.717) is 53.7 Å². The first-order valence-corrected chi connectivity index (χ1v) is 7.63. The highest BCUT2D eigenvalue weighted by molar-refractivity contribution is 6.36. The number of carbonyl (C=O) groups excluding carboxylic acids is 2. The predicted molar refractivity (Wildman–Crippen MR) is 80.3 cm³/mol. The molecule has 0 radical (unpaired) electrons. The third-order valence-corrected chi connectivity index (χ3v) is 4.73. The van der Waals surface area contributed by atoms with E-state index in [4.69, 9.17) is 27.9 Å². The van der Waals surface area contributed by atoms with Crippen LogP contribution in [-0.2, 0) is 4.79 Å². The van der Waals surface area contributed by atoms with Crippen molar-refractivity contribution in [3.05, 3.63) is 27.7 Å². The summed E-state index contributed by atoms with van der Waals surface area (Å²) in [7, 11) is 0. The molecule has 0 atom stereocenters. The summed E-state index contributed by atoms with van der Waals surface area (Å²) in [5, 5.41) is 0.789. The number of nitrogens with zero attached hydrogens (tertiary/aromatic N) is 1. The van der Waals surface area contributed by atoms with Gasteiger partial charge in [-0.2, -0.15) is 0 Å². The molecule has 2 aliphatic rings. The summed E-state index contributed by atoms with van der Waals surface area (Å²) in [6.07, 6.45) is 1.58. The molecule has 1 aromatic carbocycles. The Labute approximate surface area is 133 Å². The number of hydrogen-bond acceptors (Lipinski definition) is 3. The number of likely N-dealkylation sites (tertiary alicyclic amines) is 1. The zero-order valence-corrected chi connectivity index (χ0v) is 13.1. The van der Waals surface area contributed by atoms with E-state index in [9.17, 15) is 9.59 Å². The van der Waals surface area contributed by atoms with Gasteiger partial charge in [0.25, 0.3) is 0 Å². The fourth-order valence-corrected chi connectivity index (χ4v) is 3.55. The Morgan fingerprint density at radius 2 is 1.95 bits per heavy atom. The van der Waals surface area contributed by atoms with Crippen molar-refractivity contribution in [3.63, 3.8) is 0 Å². The zero-order valence-electron chi connectivity index (χ0n) is 11.6. The van der Waals surface area contributed by atoms with Crippen molar-refractivity contribution in [2.75, 3.05) is 13.1 Å². The van der Waals surface area contributed by atoms with Crippen molar-refractivity contribution < 1.29 is 14.3 Å². The second kappa shape index (κ2) is 5.18. The predicted octanol–water partition coefficient (Wildman–Crippen LogP) is 3.34. The number of piperidine rings is 1. The lowest BCUT2D eigenvalue weighted by atomic mass is 9.82. The Morgan fingerprint density at radius 1 is 1.29 bits per heavy atom. The summed E-state index contributed by atoms with van der Waals surface area (Å²) in [4.78, 5) is 25.6. The van der Waals surface area contributed by atoms with Crippen LogP contribution in [0.2, 0.25) is 10.0 Å². The van der Waals surface area contributed by atoms with E-state index in [-0.39, 0.29) is 11.7 Å². The first kappa shape index (κ1) is 14.7. The number of Topliss-reactive ketones (excluding diaryl/α,β-unsaturated/α-hetero) is 1. The molecule has 112 valence electrons. The molecule has 0 unspecified atom stereocenters. The van der Waals surface area contributed by atoms with Gasteiger partial charge >= 0.3 is 0 Å². The number of amides is 1. The first-order valence-electron chi connectivity index (χ1n) is 6.87. The molecule has 0 N–H and O–H groups in total. The van der Waals surface area contributed by atoms with Gasteiger partial charge in [0.15, 0.2) is 5.78 Å². The number of hydrogen-bond donors (Lipinski definition) is 0. The van der Waals surface area contributed by atoms with Crippen molar-refractivity contribution in [1.82, 2.24) is 4.90 Å².